The molecule has 21 heavy (non-hydrogen) atoms. The van der Waals surface area contributed by atoms with Crippen molar-refractivity contribution in [3.63, 3.8) is 0 Å². The van der Waals surface area contributed by atoms with E-state index in [1.165, 1.54) is 0 Å². The number of thiol groups is 1. The number of hydrogen-bond acceptors (Lipinski definition) is 5. The summed E-state index contributed by atoms with van der Waals surface area (Å²) in [7, 11) is 0. The number of rotatable bonds is 7. The lowest BCUT2D eigenvalue weighted by Crippen LogP contribution is -2.25. The average molecular weight is 342 g/mol. The van der Waals surface area contributed by atoms with Gasteiger partial charge in [-0.2, -0.15) is 39.0 Å². The van der Waals surface area contributed by atoms with Crippen molar-refractivity contribution < 1.29 is 45.4 Å². The molecule has 0 radical (unpaired) electrons. The quantitative estimate of drug-likeness (QED) is 0.439. The second kappa shape index (κ2) is 8.35. The van der Waals surface area contributed by atoms with Crippen LogP contribution in [0.1, 0.15) is 19.3 Å². The van der Waals surface area contributed by atoms with Gasteiger partial charge in [0.2, 0.25) is 0 Å². The van der Waals surface area contributed by atoms with Crippen molar-refractivity contribution in [3.05, 3.63) is 0 Å². The summed E-state index contributed by atoms with van der Waals surface area (Å²) in [5.41, 5.74) is 0. The van der Waals surface area contributed by atoms with Gasteiger partial charge in [-0.25, -0.2) is 0 Å². The molecule has 0 aromatic rings. The van der Waals surface area contributed by atoms with Gasteiger partial charge in [0.15, 0.2) is 0 Å². The monoisotopic (exact) mass is 342 g/mol. The highest BCUT2D eigenvalue weighted by Crippen LogP contribution is 2.20. The first-order chi connectivity index (χ1) is 9.41. The molecule has 1 atom stereocenters. The van der Waals surface area contributed by atoms with Crippen LogP contribution in [0.2, 0.25) is 0 Å². The van der Waals surface area contributed by atoms with Crippen molar-refractivity contribution >= 4 is 24.6 Å². The van der Waals surface area contributed by atoms with Crippen molar-refractivity contribution in [2.75, 3.05) is 13.2 Å². The molecule has 0 saturated carbocycles. The highest BCUT2D eigenvalue weighted by molar-refractivity contribution is 7.81. The van der Waals surface area contributed by atoms with Crippen molar-refractivity contribution in [2.24, 2.45) is 0 Å². The normalized spacial score (nSPS) is 13.7. The minimum Gasteiger partial charge on any atom is -0.465 e. The summed E-state index contributed by atoms with van der Waals surface area (Å²) >= 11 is 3.61. The van der Waals surface area contributed by atoms with Crippen molar-refractivity contribution in [1.29, 1.82) is 0 Å². The fourth-order valence-corrected chi connectivity index (χ4v) is 1.17. The Hall–Kier alpha value is -1.13. The first kappa shape index (κ1) is 19.9. The molecular formula is C10H12F6O4S. The Balaban J connectivity index is 3.93. The van der Waals surface area contributed by atoms with Crippen LogP contribution in [0.15, 0.2) is 0 Å². The lowest BCUT2D eigenvalue weighted by molar-refractivity contribution is -0.164. The number of hydrogen-bond donors (Lipinski definition) is 1. The Bertz CT molecular complexity index is 354. The maximum atomic E-state index is 11.8. The van der Waals surface area contributed by atoms with Gasteiger partial charge in [0.1, 0.15) is 5.25 Å². The van der Waals surface area contributed by atoms with Gasteiger partial charge in [-0.05, 0) is 0 Å². The SMILES string of the molecule is O=C(CC(S)C(=O)OCCC(F)(F)F)OCCC(F)(F)F. The van der Waals surface area contributed by atoms with Gasteiger partial charge >= 0.3 is 24.3 Å². The van der Waals surface area contributed by atoms with Crippen LogP contribution < -0.4 is 0 Å². The highest BCUT2D eigenvalue weighted by atomic mass is 32.1. The maximum Gasteiger partial charge on any atom is 0.392 e. The minimum atomic E-state index is -4.50. The summed E-state index contributed by atoms with van der Waals surface area (Å²) in [6.45, 7) is -1.84. The number of carbonyl (C=O) groups is 2. The smallest absolute Gasteiger partial charge is 0.392 e. The lowest BCUT2D eigenvalue weighted by atomic mass is 10.3. The number of halogens is 6. The van der Waals surface area contributed by atoms with Crippen LogP contribution in [0.3, 0.4) is 0 Å². The molecule has 0 N–H and O–H groups in total. The Morgan fingerprint density at radius 3 is 1.76 bits per heavy atom. The van der Waals surface area contributed by atoms with E-state index in [0.29, 0.717) is 0 Å². The summed E-state index contributed by atoms with van der Waals surface area (Å²) in [5.74, 6) is -2.32. The zero-order chi connectivity index (χ0) is 16.7. The van der Waals surface area contributed by atoms with Crippen molar-refractivity contribution in [2.45, 2.75) is 36.9 Å². The lowest BCUT2D eigenvalue weighted by Gasteiger charge is -2.12. The molecule has 0 fully saturated rings. The third-order valence-corrected chi connectivity index (χ3v) is 2.30. The molecule has 0 aliphatic carbocycles. The van der Waals surface area contributed by atoms with Gasteiger partial charge < -0.3 is 9.47 Å². The van der Waals surface area contributed by atoms with E-state index < -0.39 is 62.0 Å². The second-order valence-electron chi connectivity index (χ2n) is 3.84. The summed E-state index contributed by atoms with van der Waals surface area (Å²) < 4.78 is 79.0. The highest BCUT2D eigenvalue weighted by Gasteiger charge is 2.29. The van der Waals surface area contributed by atoms with Crippen LogP contribution in [-0.2, 0) is 19.1 Å². The zero-order valence-electron chi connectivity index (χ0n) is 10.5. The molecule has 0 rings (SSSR count). The topological polar surface area (TPSA) is 52.6 Å². The number of alkyl halides is 6. The van der Waals surface area contributed by atoms with E-state index in [4.69, 9.17) is 0 Å². The fourth-order valence-electron chi connectivity index (χ4n) is 0.944. The van der Waals surface area contributed by atoms with Gasteiger partial charge in [0, 0.05) is 0 Å². The van der Waals surface area contributed by atoms with Gasteiger partial charge in [-0.3, -0.25) is 9.59 Å². The first-order valence-corrected chi connectivity index (χ1v) is 6.06. The third kappa shape index (κ3) is 12.3. The Morgan fingerprint density at radius 2 is 1.33 bits per heavy atom. The van der Waals surface area contributed by atoms with E-state index in [9.17, 15) is 35.9 Å². The summed E-state index contributed by atoms with van der Waals surface area (Å²) in [6, 6.07) is 0. The Kier molecular flexibility index (Phi) is 7.90. The molecule has 0 amide bonds. The van der Waals surface area contributed by atoms with Crippen LogP contribution in [-0.4, -0.2) is 42.8 Å². The molecule has 1 unspecified atom stereocenters. The van der Waals surface area contributed by atoms with E-state index in [0.717, 1.165) is 0 Å². The van der Waals surface area contributed by atoms with Crippen LogP contribution in [0.4, 0.5) is 26.3 Å². The predicted molar refractivity (Wildman–Crippen MR) is 60.7 cm³/mol. The Labute approximate surface area is 121 Å². The van der Waals surface area contributed by atoms with E-state index in [1.54, 1.807) is 0 Å². The maximum absolute atomic E-state index is 11.8. The summed E-state index contributed by atoms with van der Waals surface area (Å²) in [6.07, 6.45) is -12.4. The number of esters is 2. The predicted octanol–water partition coefficient (Wildman–Crippen LogP) is 2.67. The van der Waals surface area contributed by atoms with Gasteiger partial charge in [0.25, 0.3) is 0 Å². The summed E-state index contributed by atoms with van der Waals surface area (Å²) in [5, 5.41) is -1.41. The summed E-state index contributed by atoms with van der Waals surface area (Å²) in [4.78, 5) is 22.2. The largest absolute Gasteiger partial charge is 0.465 e. The molecule has 0 spiro atoms. The molecule has 0 aromatic carbocycles. The molecule has 0 aliphatic heterocycles. The van der Waals surface area contributed by atoms with Gasteiger partial charge in [-0.15, -0.1) is 0 Å². The third-order valence-electron chi connectivity index (χ3n) is 1.91. The molecule has 11 heteroatoms. The molecule has 4 nitrogen and oxygen atoms in total. The van der Waals surface area contributed by atoms with E-state index in [2.05, 4.69) is 22.1 Å². The molecular weight excluding hydrogens is 330 g/mol. The Morgan fingerprint density at radius 1 is 0.905 bits per heavy atom. The van der Waals surface area contributed by atoms with Crippen LogP contribution in [0.5, 0.6) is 0 Å². The number of carbonyl (C=O) groups excluding carboxylic acids is 2. The van der Waals surface area contributed by atoms with E-state index in [-0.39, 0.29) is 0 Å². The minimum absolute atomic E-state index is 0.703. The van der Waals surface area contributed by atoms with Gasteiger partial charge in [0.05, 0.1) is 32.5 Å². The van der Waals surface area contributed by atoms with Crippen LogP contribution in [0, 0.1) is 0 Å². The molecule has 0 aromatic heterocycles. The molecule has 0 heterocycles. The van der Waals surface area contributed by atoms with Crippen molar-refractivity contribution in [3.8, 4) is 0 Å². The fraction of sp³-hybridized carbons (Fsp3) is 0.800. The zero-order valence-corrected chi connectivity index (χ0v) is 11.4. The van der Waals surface area contributed by atoms with Crippen LogP contribution >= 0.6 is 12.6 Å². The first-order valence-electron chi connectivity index (χ1n) is 5.54. The van der Waals surface area contributed by atoms with E-state index >= 15 is 0 Å². The molecule has 0 saturated heterocycles. The van der Waals surface area contributed by atoms with E-state index in [1.807, 2.05) is 0 Å². The molecule has 124 valence electrons. The molecule has 0 aliphatic rings. The van der Waals surface area contributed by atoms with Crippen LogP contribution in [0.25, 0.3) is 0 Å². The molecule has 0 bridgehead atoms. The number of ether oxygens (including phenoxy) is 2. The van der Waals surface area contributed by atoms with Gasteiger partial charge in [-0.1, -0.05) is 0 Å². The standard InChI is InChI=1S/C10H12F6O4S/c11-9(12,13)1-3-19-7(17)5-6(21)8(18)20-4-2-10(14,15)16/h6,21H,1-5H2. The van der Waals surface area contributed by atoms with Crippen molar-refractivity contribution in [1.82, 2.24) is 0 Å². The second-order valence-corrected chi connectivity index (χ2v) is 4.46. The average Bonchev–Trinajstić information content (AvgIpc) is 2.24.